The molecular weight excluding hydrogens is 318 g/mol. The van der Waals surface area contributed by atoms with E-state index in [1.807, 2.05) is 11.6 Å². The highest BCUT2D eigenvalue weighted by molar-refractivity contribution is 7.90. The minimum absolute atomic E-state index is 0.0142. The van der Waals surface area contributed by atoms with E-state index in [1.54, 1.807) is 31.4 Å². The third kappa shape index (κ3) is 4.43. The molecule has 0 unspecified atom stereocenters. The molecule has 8 heteroatoms. The number of nitrogens with one attached hydrogen (secondary N) is 2. The smallest absolute Gasteiger partial charge is 0.328 e. The molecule has 0 fully saturated rings. The van der Waals surface area contributed by atoms with Gasteiger partial charge in [-0.15, -0.1) is 0 Å². The first-order valence-corrected chi connectivity index (χ1v) is 8.29. The van der Waals surface area contributed by atoms with Gasteiger partial charge < -0.3 is 9.88 Å². The van der Waals surface area contributed by atoms with Gasteiger partial charge in [-0.25, -0.2) is 17.9 Å². The Hall–Kier alpha value is -2.61. The van der Waals surface area contributed by atoms with E-state index in [0.717, 1.165) is 5.56 Å². The van der Waals surface area contributed by atoms with Gasteiger partial charge >= 0.3 is 6.03 Å². The molecule has 122 valence electrons. The summed E-state index contributed by atoms with van der Waals surface area (Å²) in [6, 6.07) is 8.26. The van der Waals surface area contributed by atoms with Crippen molar-refractivity contribution in [3.8, 4) is 0 Å². The second kappa shape index (κ2) is 6.66. The molecular formula is C15H17N3O4S. The fraction of sp³-hybridized carbons (Fsp3) is 0.200. The Kier molecular flexibility index (Phi) is 4.85. The molecule has 0 radical (unpaired) electrons. The SMILES string of the molecule is Cc1ccc(S(=O)(=O)NC(=O)NCc2ccc(=O)n(C)c2)cc1. The average molecular weight is 335 g/mol. The molecule has 0 aliphatic carbocycles. The highest BCUT2D eigenvalue weighted by Gasteiger charge is 2.17. The van der Waals surface area contributed by atoms with E-state index in [4.69, 9.17) is 0 Å². The molecule has 0 atom stereocenters. The van der Waals surface area contributed by atoms with E-state index in [9.17, 15) is 18.0 Å². The summed E-state index contributed by atoms with van der Waals surface area (Å²) in [5.41, 5.74) is 1.43. The van der Waals surface area contributed by atoms with Crippen LogP contribution in [-0.4, -0.2) is 19.0 Å². The highest BCUT2D eigenvalue weighted by Crippen LogP contribution is 2.09. The Morgan fingerprint density at radius 1 is 1.13 bits per heavy atom. The maximum Gasteiger partial charge on any atom is 0.328 e. The lowest BCUT2D eigenvalue weighted by Gasteiger charge is -2.09. The first-order valence-electron chi connectivity index (χ1n) is 6.81. The number of hydrogen-bond acceptors (Lipinski definition) is 4. The van der Waals surface area contributed by atoms with Crippen LogP contribution in [0.15, 0.2) is 52.3 Å². The van der Waals surface area contributed by atoms with Crippen LogP contribution in [0.25, 0.3) is 0 Å². The molecule has 0 aliphatic rings. The van der Waals surface area contributed by atoms with Crippen molar-refractivity contribution in [1.29, 1.82) is 0 Å². The second-order valence-electron chi connectivity index (χ2n) is 5.09. The maximum absolute atomic E-state index is 12.0. The van der Waals surface area contributed by atoms with Crippen LogP contribution in [0, 0.1) is 6.92 Å². The summed E-state index contributed by atoms with van der Waals surface area (Å²) in [5.74, 6) is 0. The number of hydrogen-bond donors (Lipinski definition) is 2. The number of pyridine rings is 1. The van der Waals surface area contributed by atoms with Gasteiger partial charge in [0, 0.05) is 25.9 Å². The van der Waals surface area contributed by atoms with Gasteiger partial charge in [0.25, 0.3) is 10.0 Å². The van der Waals surface area contributed by atoms with Gasteiger partial charge in [-0.2, -0.15) is 0 Å². The molecule has 2 aromatic rings. The number of urea groups is 1. The predicted octanol–water partition coefficient (Wildman–Crippen LogP) is 0.882. The van der Waals surface area contributed by atoms with Crippen LogP contribution < -0.4 is 15.6 Å². The van der Waals surface area contributed by atoms with Gasteiger partial charge in [-0.05, 0) is 24.6 Å². The van der Waals surface area contributed by atoms with Crippen LogP contribution in [0.4, 0.5) is 4.79 Å². The molecule has 0 saturated carbocycles. The molecule has 23 heavy (non-hydrogen) atoms. The number of sulfonamides is 1. The van der Waals surface area contributed by atoms with Gasteiger partial charge in [-0.3, -0.25) is 4.79 Å². The van der Waals surface area contributed by atoms with Crippen molar-refractivity contribution in [2.45, 2.75) is 18.4 Å². The van der Waals surface area contributed by atoms with E-state index >= 15 is 0 Å². The van der Waals surface area contributed by atoms with E-state index in [2.05, 4.69) is 5.32 Å². The van der Waals surface area contributed by atoms with Gasteiger partial charge in [0.15, 0.2) is 0 Å². The number of benzene rings is 1. The van der Waals surface area contributed by atoms with Crippen LogP contribution >= 0.6 is 0 Å². The lowest BCUT2D eigenvalue weighted by Crippen LogP contribution is -2.39. The Morgan fingerprint density at radius 2 is 1.78 bits per heavy atom. The van der Waals surface area contributed by atoms with Crippen molar-refractivity contribution < 1.29 is 13.2 Å². The summed E-state index contributed by atoms with van der Waals surface area (Å²) in [6.07, 6.45) is 1.57. The van der Waals surface area contributed by atoms with Gasteiger partial charge in [0.2, 0.25) is 5.56 Å². The third-order valence-corrected chi connectivity index (χ3v) is 4.51. The largest absolute Gasteiger partial charge is 0.333 e. The Labute approximate surface area is 134 Å². The molecule has 0 bridgehead atoms. The molecule has 0 saturated heterocycles. The monoisotopic (exact) mass is 335 g/mol. The van der Waals surface area contributed by atoms with Crippen molar-refractivity contribution in [3.05, 3.63) is 64.1 Å². The van der Waals surface area contributed by atoms with Crippen molar-refractivity contribution in [2.24, 2.45) is 7.05 Å². The van der Waals surface area contributed by atoms with Crippen molar-refractivity contribution >= 4 is 16.1 Å². The van der Waals surface area contributed by atoms with E-state index < -0.39 is 16.1 Å². The number of rotatable bonds is 4. The van der Waals surface area contributed by atoms with Crippen molar-refractivity contribution in [3.63, 3.8) is 0 Å². The molecule has 7 nitrogen and oxygen atoms in total. The zero-order chi connectivity index (χ0) is 17.0. The van der Waals surface area contributed by atoms with E-state index in [0.29, 0.717) is 5.56 Å². The number of carbonyl (C=O) groups excluding carboxylic acids is 1. The summed E-state index contributed by atoms with van der Waals surface area (Å²) in [7, 11) is -2.32. The molecule has 0 spiro atoms. The van der Waals surface area contributed by atoms with Crippen LogP contribution in [-0.2, 0) is 23.6 Å². The predicted molar refractivity (Wildman–Crippen MR) is 85.4 cm³/mol. The Bertz CT molecular complexity index is 870. The summed E-state index contributed by atoms with van der Waals surface area (Å²) < 4.78 is 27.4. The van der Waals surface area contributed by atoms with E-state index in [1.165, 1.54) is 22.8 Å². The van der Waals surface area contributed by atoms with Crippen LogP contribution in [0.1, 0.15) is 11.1 Å². The topological polar surface area (TPSA) is 97.3 Å². The average Bonchev–Trinajstić information content (AvgIpc) is 2.48. The molecule has 2 N–H and O–H groups in total. The Morgan fingerprint density at radius 3 is 2.39 bits per heavy atom. The highest BCUT2D eigenvalue weighted by atomic mass is 32.2. The summed E-state index contributed by atoms with van der Waals surface area (Å²) in [4.78, 5) is 23.0. The molecule has 2 amide bonds. The van der Waals surface area contributed by atoms with E-state index in [-0.39, 0.29) is 17.0 Å². The fourth-order valence-corrected chi connectivity index (χ4v) is 2.80. The van der Waals surface area contributed by atoms with Crippen LogP contribution in [0.2, 0.25) is 0 Å². The minimum Gasteiger partial charge on any atom is -0.333 e. The molecule has 1 heterocycles. The number of aromatic nitrogens is 1. The van der Waals surface area contributed by atoms with Gasteiger partial charge in [0.1, 0.15) is 0 Å². The number of nitrogens with zero attached hydrogens (tertiary/aromatic N) is 1. The third-order valence-electron chi connectivity index (χ3n) is 3.16. The van der Waals surface area contributed by atoms with Crippen LogP contribution in [0.5, 0.6) is 0 Å². The van der Waals surface area contributed by atoms with Crippen molar-refractivity contribution in [1.82, 2.24) is 14.6 Å². The lowest BCUT2D eigenvalue weighted by atomic mass is 10.2. The summed E-state index contributed by atoms with van der Waals surface area (Å²) in [6.45, 7) is 1.94. The first kappa shape index (κ1) is 16.8. The number of aryl methyl sites for hydroxylation is 2. The molecule has 2 rings (SSSR count). The molecule has 1 aromatic heterocycles. The summed E-state index contributed by atoms with van der Waals surface area (Å²) >= 11 is 0. The van der Waals surface area contributed by atoms with Crippen molar-refractivity contribution in [2.75, 3.05) is 0 Å². The molecule has 0 aliphatic heterocycles. The zero-order valence-corrected chi connectivity index (χ0v) is 13.6. The number of amides is 2. The standard InChI is InChI=1S/C15H17N3O4S/c1-11-3-6-13(7-4-11)23(21,22)17-15(20)16-9-12-5-8-14(19)18(2)10-12/h3-8,10H,9H2,1-2H3,(H2,16,17,20). The lowest BCUT2D eigenvalue weighted by molar-refractivity contribution is 0.245. The van der Waals surface area contributed by atoms with Gasteiger partial charge in [0.05, 0.1) is 4.90 Å². The van der Waals surface area contributed by atoms with Crippen LogP contribution in [0.3, 0.4) is 0 Å². The van der Waals surface area contributed by atoms with Gasteiger partial charge in [-0.1, -0.05) is 23.8 Å². The zero-order valence-electron chi connectivity index (χ0n) is 12.7. The summed E-state index contributed by atoms with van der Waals surface area (Å²) in [5, 5.41) is 2.44. The fourth-order valence-electron chi connectivity index (χ4n) is 1.87. The second-order valence-corrected chi connectivity index (χ2v) is 6.77. The first-order chi connectivity index (χ1) is 10.8. The minimum atomic E-state index is -3.91. The normalized spacial score (nSPS) is 11.0. The number of carbonyl (C=O) groups is 1. The quantitative estimate of drug-likeness (QED) is 0.867. The maximum atomic E-state index is 12.0. The molecule has 1 aromatic carbocycles. The Balaban J connectivity index is 1.99.